The molecule has 4 N–H and O–H groups in total. The number of benzene rings is 2. The number of pyridine rings is 2. The molecular formula is C33H33N5O4. The van der Waals surface area contributed by atoms with Crippen LogP contribution in [-0.4, -0.2) is 32.9 Å². The molecule has 0 atom stereocenters. The van der Waals surface area contributed by atoms with E-state index in [1.165, 1.54) is 11.8 Å². The fourth-order valence-electron chi connectivity index (χ4n) is 4.65. The number of esters is 1. The predicted molar refractivity (Wildman–Crippen MR) is 162 cm³/mol. The van der Waals surface area contributed by atoms with E-state index in [-0.39, 0.29) is 12.7 Å². The maximum atomic E-state index is 13.0. The summed E-state index contributed by atoms with van der Waals surface area (Å²) in [6.07, 6.45) is 4.88. The first-order chi connectivity index (χ1) is 20.2. The van der Waals surface area contributed by atoms with Gasteiger partial charge in [0.2, 0.25) is 5.91 Å². The van der Waals surface area contributed by atoms with Crippen LogP contribution in [0.4, 0.5) is 5.82 Å². The average molecular weight is 564 g/mol. The maximum Gasteiger partial charge on any atom is 0.342 e. The zero-order chi connectivity index (χ0) is 29.8. The minimum atomic E-state index is -0.544. The number of anilines is 1. The standard InChI is InChI=1S/C33H33N5O4/c1-19(2)42-26-12-23(11-24(13-26)29-17-38-32-28(29)14-25(16-37-32)30(34)39)15-36-31-27(6-5-9-35-31)33(40)41-18-22-8-7-20(3)21(4)10-22/h5-14,16-17,19H,15,18H2,1-4H3,(H2,34,39)(H,35,36)(H,37,38). The third kappa shape index (κ3) is 6.41. The summed E-state index contributed by atoms with van der Waals surface area (Å²) in [6, 6.07) is 17.0. The fraction of sp³-hybridized carbons (Fsp3) is 0.212. The molecule has 0 radical (unpaired) electrons. The highest BCUT2D eigenvalue weighted by molar-refractivity contribution is 6.00. The topological polar surface area (TPSA) is 132 Å². The maximum absolute atomic E-state index is 13.0. The van der Waals surface area contributed by atoms with Crippen LogP contribution in [0.1, 0.15) is 56.8 Å². The van der Waals surface area contributed by atoms with Crippen molar-refractivity contribution in [3.63, 3.8) is 0 Å². The van der Waals surface area contributed by atoms with Crippen molar-refractivity contribution in [2.75, 3.05) is 5.32 Å². The third-order valence-corrected chi connectivity index (χ3v) is 6.89. The van der Waals surface area contributed by atoms with E-state index in [1.54, 1.807) is 24.4 Å². The van der Waals surface area contributed by atoms with Gasteiger partial charge in [-0.25, -0.2) is 14.8 Å². The Balaban J connectivity index is 1.39. The molecule has 0 bridgehead atoms. The van der Waals surface area contributed by atoms with Gasteiger partial charge in [-0.15, -0.1) is 0 Å². The summed E-state index contributed by atoms with van der Waals surface area (Å²) in [6.45, 7) is 8.53. The summed E-state index contributed by atoms with van der Waals surface area (Å²) >= 11 is 0. The molecule has 1 amide bonds. The molecule has 214 valence electrons. The van der Waals surface area contributed by atoms with Crippen LogP contribution in [0.2, 0.25) is 0 Å². The summed E-state index contributed by atoms with van der Waals surface area (Å²) in [5, 5.41) is 4.06. The summed E-state index contributed by atoms with van der Waals surface area (Å²) in [4.78, 5) is 36.7. The summed E-state index contributed by atoms with van der Waals surface area (Å²) in [5.41, 5.74) is 12.7. The number of nitrogens with zero attached hydrogens (tertiary/aromatic N) is 2. The first-order valence-electron chi connectivity index (χ1n) is 13.7. The number of hydrogen-bond donors (Lipinski definition) is 3. The van der Waals surface area contributed by atoms with E-state index >= 15 is 0 Å². The van der Waals surface area contributed by atoms with Crippen LogP contribution in [0.3, 0.4) is 0 Å². The Morgan fingerprint density at radius 1 is 1.00 bits per heavy atom. The minimum absolute atomic E-state index is 0.0401. The number of amides is 1. The lowest BCUT2D eigenvalue weighted by Crippen LogP contribution is -2.12. The van der Waals surface area contributed by atoms with E-state index in [9.17, 15) is 9.59 Å². The van der Waals surface area contributed by atoms with Crippen LogP contribution < -0.4 is 15.8 Å². The zero-order valence-electron chi connectivity index (χ0n) is 24.0. The summed E-state index contributed by atoms with van der Waals surface area (Å²) in [7, 11) is 0. The van der Waals surface area contributed by atoms with E-state index in [4.69, 9.17) is 15.2 Å². The number of primary amides is 1. The molecule has 9 heteroatoms. The Kier molecular flexibility index (Phi) is 8.19. The van der Waals surface area contributed by atoms with E-state index < -0.39 is 11.9 Å². The molecule has 0 spiro atoms. The first kappa shape index (κ1) is 28.4. The van der Waals surface area contributed by atoms with Gasteiger partial charge in [-0.2, -0.15) is 0 Å². The van der Waals surface area contributed by atoms with Gasteiger partial charge in [0.05, 0.1) is 11.7 Å². The Morgan fingerprint density at radius 2 is 1.83 bits per heavy atom. The van der Waals surface area contributed by atoms with Crippen molar-refractivity contribution in [3.8, 4) is 16.9 Å². The lowest BCUT2D eigenvalue weighted by atomic mass is 10.0. The molecule has 9 nitrogen and oxygen atoms in total. The van der Waals surface area contributed by atoms with Crippen LogP contribution in [0.25, 0.3) is 22.2 Å². The van der Waals surface area contributed by atoms with E-state index in [1.807, 2.05) is 70.3 Å². The van der Waals surface area contributed by atoms with Gasteiger partial charge in [0.1, 0.15) is 29.4 Å². The smallest absolute Gasteiger partial charge is 0.342 e. The molecule has 5 aromatic rings. The SMILES string of the molecule is Cc1ccc(COC(=O)c2cccnc2NCc2cc(OC(C)C)cc(-c3c[nH]c4ncc(C(N)=O)cc34)c2)cc1C. The first-order valence-corrected chi connectivity index (χ1v) is 13.7. The van der Waals surface area contributed by atoms with Gasteiger partial charge in [-0.05, 0) is 91.9 Å². The lowest BCUT2D eigenvalue weighted by Gasteiger charge is -2.15. The van der Waals surface area contributed by atoms with Gasteiger partial charge < -0.3 is 25.5 Å². The van der Waals surface area contributed by atoms with Crippen molar-refractivity contribution in [2.45, 2.75) is 47.0 Å². The fourth-order valence-corrected chi connectivity index (χ4v) is 4.65. The second-order valence-corrected chi connectivity index (χ2v) is 10.5. The molecule has 3 heterocycles. The minimum Gasteiger partial charge on any atom is -0.491 e. The van der Waals surface area contributed by atoms with Crippen molar-refractivity contribution >= 4 is 28.7 Å². The van der Waals surface area contributed by atoms with Crippen molar-refractivity contribution in [1.29, 1.82) is 0 Å². The van der Waals surface area contributed by atoms with Crippen LogP contribution >= 0.6 is 0 Å². The van der Waals surface area contributed by atoms with Gasteiger partial charge in [0.15, 0.2) is 0 Å². The molecule has 5 rings (SSSR count). The largest absolute Gasteiger partial charge is 0.491 e. The van der Waals surface area contributed by atoms with Crippen LogP contribution in [0.15, 0.2) is 73.2 Å². The molecule has 0 aliphatic carbocycles. The highest BCUT2D eigenvalue weighted by Crippen LogP contribution is 2.32. The number of nitrogens with one attached hydrogen (secondary N) is 2. The van der Waals surface area contributed by atoms with E-state index in [0.29, 0.717) is 34.9 Å². The van der Waals surface area contributed by atoms with Gasteiger partial charge in [0, 0.05) is 36.1 Å². The summed E-state index contributed by atoms with van der Waals surface area (Å²) in [5.74, 6) is 0.0957. The Labute approximate surface area is 244 Å². The second kappa shape index (κ2) is 12.1. The number of rotatable bonds is 10. The van der Waals surface area contributed by atoms with Crippen LogP contribution in [0.5, 0.6) is 5.75 Å². The molecule has 0 fully saturated rings. The monoisotopic (exact) mass is 563 g/mol. The second-order valence-electron chi connectivity index (χ2n) is 10.5. The third-order valence-electron chi connectivity index (χ3n) is 6.89. The summed E-state index contributed by atoms with van der Waals surface area (Å²) < 4.78 is 11.7. The number of hydrogen-bond acceptors (Lipinski definition) is 7. The number of nitrogens with two attached hydrogens (primary N) is 1. The average Bonchev–Trinajstić information content (AvgIpc) is 3.40. The van der Waals surface area contributed by atoms with Crippen LogP contribution in [-0.2, 0) is 17.9 Å². The number of H-pyrrole nitrogens is 1. The van der Waals surface area contributed by atoms with Crippen molar-refractivity contribution < 1.29 is 19.1 Å². The molecule has 3 aromatic heterocycles. The number of aryl methyl sites for hydroxylation is 2. The van der Waals surface area contributed by atoms with Gasteiger partial charge in [0.25, 0.3) is 0 Å². The Bertz CT molecular complexity index is 1780. The predicted octanol–water partition coefficient (Wildman–Crippen LogP) is 6.10. The lowest BCUT2D eigenvalue weighted by molar-refractivity contribution is 0.0473. The van der Waals surface area contributed by atoms with Gasteiger partial charge in [-0.3, -0.25) is 4.79 Å². The number of carbonyl (C=O) groups excluding carboxylic acids is 2. The molecule has 0 unspecified atom stereocenters. The molecule has 0 saturated heterocycles. The molecular weight excluding hydrogens is 530 g/mol. The normalized spacial score (nSPS) is 11.1. The highest BCUT2D eigenvalue weighted by Gasteiger charge is 2.16. The van der Waals surface area contributed by atoms with E-state index in [2.05, 4.69) is 20.3 Å². The molecule has 0 aliphatic rings. The molecule has 42 heavy (non-hydrogen) atoms. The molecule has 2 aromatic carbocycles. The highest BCUT2D eigenvalue weighted by atomic mass is 16.5. The molecule has 0 aliphatic heterocycles. The number of ether oxygens (including phenoxy) is 2. The van der Waals surface area contributed by atoms with Crippen molar-refractivity contribution in [3.05, 3.63) is 107 Å². The van der Waals surface area contributed by atoms with Crippen LogP contribution in [0, 0.1) is 13.8 Å². The van der Waals surface area contributed by atoms with Gasteiger partial charge in [-0.1, -0.05) is 18.2 Å². The van der Waals surface area contributed by atoms with Gasteiger partial charge >= 0.3 is 5.97 Å². The number of carbonyl (C=O) groups is 2. The molecule has 0 saturated carbocycles. The zero-order valence-corrected chi connectivity index (χ0v) is 24.0. The van der Waals surface area contributed by atoms with Crippen molar-refractivity contribution in [1.82, 2.24) is 15.0 Å². The van der Waals surface area contributed by atoms with E-state index in [0.717, 1.165) is 33.2 Å². The Hall–Kier alpha value is -5.18. The number of fused-ring (bicyclic) bond motifs is 1. The van der Waals surface area contributed by atoms with Crippen molar-refractivity contribution in [2.24, 2.45) is 5.73 Å². The quantitative estimate of drug-likeness (QED) is 0.175. The number of aromatic nitrogens is 3. The number of aromatic amines is 1. The Morgan fingerprint density at radius 3 is 2.60 bits per heavy atom.